The molecule has 5 aromatic rings. The molecular formula is C18H12Cl2N4. The number of hydrogen-bond donors (Lipinski definition) is 1. The smallest absolute Gasteiger partial charge is 0.218 e. The Balaban J connectivity index is 0.000000123. The Labute approximate surface area is 147 Å². The fourth-order valence-corrected chi connectivity index (χ4v) is 3.01. The predicted octanol–water partition coefficient (Wildman–Crippen LogP) is 5.41. The summed E-state index contributed by atoms with van der Waals surface area (Å²) in [7, 11) is 0. The van der Waals surface area contributed by atoms with E-state index in [0.717, 1.165) is 22.1 Å². The van der Waals surface area contributed by atoms with Crippen molar-refractivity contribution in [3.8, 4) is 0 Å². The molecule has 4 nitrogen and oxygen atoms in total. The van der Waals surface area contributed by atoms with Crippen LogP contribution in [0.1, 0.15) is 0 Å². The van der Waals surface area contributed by atoms with Gasteiger partial charge in [-0.1, -0.05) is 42.5 Å². The third-order valence-electron chi connectivity index (χ3n) is 3.78. The number of aromatic amines is 1. The van der Waals surface area contributed by atoms with E-state index >= 15 is 0 Å². The lowest BCUT2D eigenvalue weighted by Gasteiger charge is -1.96. The zero-order valence-electron chi connectivity index (χ0n) is 12.4. The monoisotopic (exact) mass is 354 g/mol. The maximum atomic E-state index is 5.76. The Morgan fingerprint density at radius 2 is 1.71 bits per heavy atom. The van der Waals surface area contributed by atoms with Crippen LogP contribution in [-0.2, 0) is 0 Å². The van der Waals surface area contributed by atoms with E-state index in [2.05, 4.69) is 39.2 Å². The number of rotatable bonds is 0. The largest absolute Gasteiger partial charge is 0.345 e. The quantitative estimate of drug-likeness (QED) is 0.404. The fraction of sp³-hybridized carbons (Fsp3) is 0. The zero-order valence-corrected chi connectivity index (χ0v) is 14.0. The lowest BCUT2D eigenvalue weighted by Crippen LogP contribution is -1.76. The Morgan fingerprint density at radius 1 is 0.917 bits per heavy atom. The minimum absolute atomic E-state index is 0.299. The van der Waals surface area contributed by atoms with Crippen molar-refractivity contribution >= 4 is 56.2 Å². The van der Waals surface area contributed by atoms with Gasteiger partial charge in [0.25, 0.3) is 0 Å². The molecule has 0 amide bonds. The SMILES string of the molecule is Clc1nc2ccccc2n1Cl.c1ccc2c(c1)ccc1[nH]cnc12. The van der Waals surface area contributed by atoms with Crippen molar-refractivity contribution in [3.63, 3.8) is 0 Å². The van der Waals surface area contributed by atoms with Crippen molar-refractivity contribution in [2.45, 2.75) is 0 Å². The van der Waals surface area contributed by atoms with E-state index in [0.29, 0.717) is 5.28 Å². The molecule has 1 N–H and O–H groups in total. The second-order valence-electron chi connectivity index (χ2n) is 5.24. The highest BCUT2D eigenvalue weighted by Gasteiger charge is 2.04. The number of imidazole rings is 2. The summed E-state index contributed by atoms with van der Waals surface area (Å²) in [6.45, 7) is 0. The first-order valence-electron chi connectivity index (χ1n) is 7.34. The number of aromatic nitrogens is 4. The molecule has 24 heavy (non-hydrogen) atoms. The van der Waals surface area contributed by atoms with Crippen LogP contribution in [0.3, 0.4) is 0 Å². The van der Waals surface area contributed by atoms with Gasteiger partial charge in [-0.05, 0) is 35.2 Å². The molecule has 5 rings (SSSR count). The summed E-state index contributed by atoms with van der Waals surface area (Å²) in [4.78, 5) is 11.4. The number of nitrogens with zero attached hydrogens (tertiary/aromatic N) is 3. The molecule has 0 fully saturated rings. The third kappa shape index (κ3) is 2.60. The van der Waals surface area contributed by atoms with Crippen molar-refractivity contribution in [2.75, 3.05) is 0 Å². The van der Waals surface area contributed by atoms with Crippen molar-refractivity contribution in [1.82, 2.24) is 19.0 Å². The Hall–Kier alpha value is -2.56. The number of benzene rings is 3. The highest BCUT2D eigenvalue weighted by Crippen LogP contribution is 2.22. The minimum atomic E-state index is 0.299. The number of nitrogens with one attached hydrogen (secondary N) is 1. The standard InChI is InChI=1S/C11H8N2.C7H4Cl2N2/c1-2-4-9-8(3-1)5-6-10-11(9)13-7-12-10;8-7-10-5-3-1-2-4-6(5)11(7)9/h1-7H,(H,12,13);1-4H. The van der Waals surface area contributed by atoms with Gasteiger partial charge in [0.2, 0.25) is 5.28 Å². The van der Waals surface area contributed by atoms with Gasteiger partial charge in [-0.3, -0.25) is 0 Å². The molecule has 2 heterocycles. The number of halogens is 2. The fourth-order valence-electron chi connectivity index (χ4n) is 2.64. The summed E-state index contributed by atoms with van der Waals surface area (Å²) in [5.74, 6) is 0. The molecule has 118 valence electrons. The zero-order chi connectivity index (χ0) is 16.5. The minimum Gasteiger partial charge on any atom is -0.345 e. The maximum Gasteiger partial charge on any atom is 0.218 e. The van der Waals surface area contributed by atoms with E-state index < -0.39 is 0 Å². The summed E-state index contributed by atoms with van der Waals surface area (Å²) < 4.78 is 1.33. The van der Waals surface area contributed by atoms with E-state index in [1.165, 1.54) is 14.9 Å². The van der Waals surface area contributed by atoms with Crippen LogP contribution in [0.25, 0.3) is 32.8 Å². The highest BCUT2D eigenvalue weighted by molar-refractivity contribution is 6.33. The number of fused-ring (bicyclic) bond motifs is 4. The average molecular weight is 355 g/mol. The van der Waals surface area contributed by atoms with Crippen LogP contribution in [0.2, 0.25) is 5.28 Å². The molecule has 0 aliphatic carbocycles. The van der Waals surface area contributed by atoms with E-state index in [-0.39, 0.29) is 0 Å². The first-order chi connectivity index (χ1) is 11.7. The summed E-state index contributed by atoms with van der Waals surface area (Å²) in [5, 5.41) is 2.75. The molecule has 0 unspecified atom stereocenters. The van der Waals surface area contributed by atoms with Crippen molar-refractivity contribution in [2.24, 2.45) is 0 Å². The van der Waals surface area contributed by atoms with E-state index in [4.69, 9.17) is 23.4 Å². The maximum absolute atomic E-state index is 5.76. The van der Waals surface area contributed by atoms with E-state index in [1.54, 1.807) is 6.33 Å². The van der Waals surface area contributed by atoms with Gasteiger partial charge in [0.1, 0.15) is 0 Å². The van der Waals surface area contributed by atoms with Gasteiger partial charge in [-0.25, -0.2) is 14.1 Å². The molecule has 0 saturated heterocycles. The van der Waals surface area contributed by atoms with Crippen molar-refractivity contribution in [3.05, 3.63) is 72.3 Å². The summed E-state index contributed by atoms with van der Waals surface area (Å²) in [6.07, 6.45) is 1.73. The molecule has 2 aromatic heterocycles. The van der Waals surface area contributed by atoms with Crippen LogP contribution in [0, 0.1) is 0 Å². The lowest BCUT2D eigenvalue weighted by atomic mass is 10.1. The number of para-hydroxylation sites is 2. The van der Waals surface area contributed by atoms with E-state index in [1.807, 2.05) is 36.4 Å². The summed E-state index contributed by atoms with van der Waals surface area (Å²) >= 11 is 11.4. The molecule has 0 atom stereocenters. The van der Waals surface area contributed by atoms with Gasteiger partial charge >= 0.3 is 0 Å². The highest BCUT2D eigenvalue weighted by atomic mass is 35.5. The van der Waals surface area contributed by atoms with Crippen LogP contribution in [-0.4, -0.2) is 19.0 Å². The Bertz CT molecular complexity index is 1140. The van der Waals surface area contributed by atoms with Crippen molar-refractivity contribution in [1.29, 1.82) is 0 Å². The van der Waals surface area contributed by atoms with Crippen LogP contribution in [0.15, 0.2) is 67.0 Å². The second-order valence-corrected chi connectivity index (χ2v) is 5.91. The Kier molecular flexibility index (Phi) is 3.84. The Morgan fingerprint density at radius 3 is 2.58 bits per heavy atom. The molecule has 0 saturated carbocycles. The topological polar surface area (TPSA) is 46.5 Å². The van der Waals surface area contributed by atoms with Crippen LogP contribution >= 0.6 is 23.4 Å². The number of H-pyrrole nitrogens is 1. The van der Waals surface area contributed by atoms with Crippen molar-refractivity contribution < 1.29 is 0 Å². The first kappa shape index (κ1) is 15.0. The summed E-state index contributed by atoms with van der Waals surface area (Å²) in [6, 6.07) is 19.9. The van der Waals surface area contributed by atoms with Gasteiger partial charge in [0.05, 0.1) is 28.4 Å². The molecule has 0 radical (unpaired) electrons. The van der Waals surface area contributed by atoms with Crippen LogP contribution in [0.4, 0.5) is 0 Å². The number of hydrogen-bond acceptors (Lipinski definition) is 2. The van der Waals surface area contributed by atoms with Gasteiger partial charge in [0.15, 0.2) is 0 Å². The van der Waals surface area contributed by atoms with Crippen LogP contribution in [0.5, 0.6) is 0 Å². The first-order valence-corrected chi connectivity index (χ1v) is 8.05. The molecular weight excluding hydrogens is 343 g/mol. The van der Waals surface area contributed by atoms with E-state index in [9.17, 15) is 0 Å². The predicted molar refractivity (Wildman–Crippen MR) is 99.6 cm³/mol. The van der Waals surface area contributed by atoms with Gasteiger partial charge < -0.3 is 4.98 Å². The molecule has 0 aliphatic heterocycles. The molecule has 0 bridgehead atoms. The van der Waals surface area contributed by atoms with Gasteiger partial charge in [-0.15, -0.1) is 0 Å². The van der Waals surface area contributed by atoms with Gasteiger partial charge in [-0.2, -0.15) is 0 Å². The molecule has 3 aromatic carbocycles. The third-order valence-corrected chi connectivity index (χ3v) is 4.46. The average Bonchev–Trinajstić information content (AvgIpc) is 3.21. The second kappa shape index (κ2) is 6.15. The normalized spacial score (nSPS) is 10.9. The molecule has 6 heteroatoms. The molecule has 0 spiro atoms. The van der Waals surface area contributed by atoms with Crippen LogP contribution < -0.4 is 0 Å². The summed E-state index contributed by atoms with van der Waals surface area (Å²) in [5.41, 5.74) is 3.79. The lowest BCUT2D eigenvalue weighted by molar-refractivity contribution is 1.25. The molecule has 0 aliphatic rings. The van der Waals surface area contributed by atoms with Gasteiger partial charge in [0, 0.05) is 17.2 Å².